The van der Waals surface area contributed by atoms with Gasteiger partial charge in [-0.1, -0.05) is 17.8 Å². The number of aromatic nitrogens is 4. The average Bonchev–Trinajstić information content (AvgIpc) is 2.98. The van der Waals surface area contributed by atoms with Crippen molar-refractivity contribution in [3.63, 3.8) is 0 Å². The maximum absolute atomic E-state index is 5.79. The molecule has 1 N–H and O–H groups in total. The van der Waals surface area contributed by atoms with Crippen molar-refractivity contribution in [3.05, 3.63) is 23.8 Å². The summed E-state index contributed by atoms with van der Waals surface area (Å²) in [6, 6.07) is 6.11. The van der Waals surface area contributed by atoms with Gasteiger partial charge in [0.2, 0.25) is 5.16 Å². The predicted molar refractivity (Wildman–Crippen MR) is 99.2 cm³/mol. The summed E-state index contributed by atoms with van der Waals surface area (Å²) in [5, 5.41) is 15.7. The number of hydrogen-bond donors (Lipinski definition) is 1. The molecule has 0 atom stereocenters. The second kappa shape index (κ2) is 10.2. The summed E-state index contributed by atoms with van der Waals surface area (Å²) in [5.74, 6) is 2.59. The minimum atomic E-state index is 0.129. The maximum atomic E-state index is 5.79. The van der Waals surface area contributed by atoms with Crippen molar-refractivity contribution < 1.29 is 9.47 Å². The van der Waals surface area contributed by atoms with Gasteiger partial charge in [-0.2, -0.15) is 0 Å². The smallest absolute Gasteiger partial charge is 0.209 e. The molecule has 25 heavy (non-hydrogen) atoms. The lowest BCUT2D eigenvalue weighted by atomic mass is 10.2. The van der Waals surface area contributed by atoms with E-state index in [2.05, 4.69) is 26.9 Å². The molecule has 8 heteroatoms. The van der Waals surface area contributed by atoms with Gasteiger partial charge in [-0.15, -0.1) is 5.10 Å². The van der Waals surface area contributed by atoms with Gasteiger partial charge in [0.25, 0.3) is 0 Å². The van der Waals surface area contributed by atoms with Crippen molar-refractivity contribution >= 4 is 11.8 Å². The summed E-state index contributed by atoms with van der Waals surface area (Å²) in [6.07, 6.45) is 1.18. The first kappa shape index (κ1) is 19.5. The fourth-order valence-corrected chi connectivity index (χ4v) is 3.01. The van der Waals surface area contributed by atoms with E-state index >= 15 is 0 Å². The van der Waals surface area contributed by atoms with Crippen LogP contribution >= 0.6 is 11.8 Å². The fraction of sp³-hybridized carbons (Fsp3) is 0.588. The lowest BCUT2D eigenvalue weighted by molar-refractivity contribution is 0.223. The Morgan fingerprint density at radius 1 is 1.28 bits per heavy atom. The summed E-state index contributed by atoms with van der Waals surface area (Å²) >= 11 is 1.67. The van der Waals surface area contributed by atoms with E-state index in [1.807, 2.05) is 40.0 Å². The van der Waals surface area contributed by atoms with Gasteiger partial charge in [-0.3, -0.25) is 0 Å². The molecule has 2 aromatic rings. The molecule has 0 fully saturated rings. The number of thioether (sulfide) groups is 1. The van der Waals surface area contributed by atoms with Crippen LogP contribution in [-0.2, 0) is 13.6 Å². The standard InChI is InChI=1S/C17H27N5O2S/c1-5-23-16-11-14(7-8-15(16)24-13(2)3)12-18-9-6-10-25-17-19-20-21-22(17)4/h7-8,11,13,18H,5-6,9-10,12H2,1-4H3. The zero-order chi connectivity index (χ0) is 18.1. The third-order valence-electron chi connectivity index (χ3n) is 3.31. The number of nitrogens with one attached hydrogen (secondary N) is 1. The van der Waals surface area contributed by atoms with Gasteiger partial charge in [0, 0.05) is 19.3 Å². The third kappa shape index (κ3) is 6.55. The monoisotopic (exact) mass is 365 g/mol. The summed E-state index contributed by atoms with van der Waals surface area (Å²) in [7, 11) is 1.85. The highest BCUT2D eigenvalue weighted by molar-refractivity contribution is 7.99. The average molecular weight is 366 g/mol. The Morgan fingerprint density at radius 2 is 2.12 bits per heavy atom. The highest BCUT2D eigenvalue weighted by atomic mass is 32.2. The molecule has 0 aliphatic rings. The highest BCUT2D eigenvalue weighted by Crippen LogP contribution is 2.29. The molecule has 1 heterocycles. The van der Waals surface area contributed by atoms with Crippen molar-refractivity contribution in [3.8, 4) is 11.5 Å². The Kier molecular flexibility index (Phi) is 8.00. The van der Waals surface area contributed by atoms with Gasteiger partial charge in [0.1, 0.15) is 0 Å². The maximum Gasteiger partial charge on any atom is 0.209 e. The second-order valence-corrected chi connectivity index (χ2v) is 6.91. The van der Waals surface area contributed by atoms with E-state index in [4.69, 9.17) is 9.47 Å². The quantitative estimate of drug-likeness (QED) is 0.485. The van der Waals surface area contributed by atoms with Gasteiger partial charge in [-0.25, -0.2) is 4.68 Å². The van der Waals surface area contributed by atoms with Crippen LogP contribution in [0.4, 0.5) is 0 Å². The molecule has 0 amide bonds. The zero-order valence-electron chi connectivity index (χ0n) is 15.4. The fourth-order valence-electron chi connectivity index (χ4n) is 2.22. The summed E-state index contributed by atoms with van der Waals surface area (Å²) < 4.78 is 13.2. The van der Waals surface area contributed by atoms with Crippen LogP contribution in [0.25, 0.3) is 0 Å². The van der Waals surface area contributed by atoms with Gasteiger partial charge in [0.05, 0.1) is 12.7 Å². The molecule has 2 rings (SSSR count). The van der Waals surface area contributed by atoms with Crippen molar-refractivity contribution in [2.45, 2.75) is 45.0 Å². The van der Waals surface area contributed by atoms with E-state index in [0.717, 1.165) is 41.9 Å². The third-order valence-corrected chi connectivity index (χ3v) is 4.41. The van der Waals surface area contributed by atoms with E-state index in [-0.39, 0.29) is 6.10 Å². The molecule has 0 saturated carbocycles. The lowest BCUT2D eigenvalue weighted by Gasteiger charge is -2.15. The Morgan fingerprint density at radius 3 is 2.80 bits per heavy atom. The number of hydrogen-bond acceptors (Lipinski definition) is 7. The molecule has 1 aromatic heterocycles. The molecule has 0 unspecified atom stereocenters. The number of nitrogens with zero attached hydrogens (tertiary/aromatic N) is 4. The first-order chi connectivity index (χ1) is 12.1. The van der Waals surface area contributed by atoms with Gasteiger partial charge >= 0.3 is 0 Å². The molecule has 0 radical (unpaired) electrons. The lowest BCUT2D eigenvalue weighted by Crippen LogP contribution is -2.15. The Labute approximate surface area is 153 Å². The number of benzene rings is 1. The van der Waals surface area contributed by atoms with E-state index < -0.39 is 0 Å². The molecule has 138 valence electrons. The molecule has 0 spiro atoms. The van der Waals surface area contributed by atoms with Crippen LogP contribution in [0.3, 0.4) is 0 Å². The summed E-state index contributed by atoms with van der Waals surface area (Å²) in [4.78, 5) is 0. The first-order valence-corrected chi connectivity index (χ1v) is 9.57. The number of tetrazole rings is 1. The van der Waals surface area contributed by atoms with E-state index in [0.29, 0.717) is 6.61 Å². The van der Waals surface area contributed by atoms with Crippen LogP contribution in [0.2, 0.25) is 0 Å². The molecule has 0 bridgehead atoms. The zero-order valence-corrected chi connectivity index (χ0v) is 16.2. The minimum Gasteiger partial charge on any atom is -0.490 e. The van der Waals surface area contributed by atoms with Crippen molar-refractivity contribution in [1.29, 1.82) is 0 Å². The van der Waals surface area contributed by atoms with E-state index in [1.54, 1.807) is 16.4 Å². The number of ether oxygens (including phenoxy) is 2. The normalized spacial score (nSPS) is 11.1. The van der Waals surface area contributed by atoms with Crippen molar-refractivity contribution in [2.24, 2.45) is 7.05 Å². The van der Waals surface area contributed by atoms with Crippen LogP contribution in [0.15, 0.2) is 23.4 Å². The largest absolute Gasteiger partial charge is 0.490 e. The Bertz CT molecular complexity index is 648. The van der Waals surface area contributed by atoms with E-state index in [1.165, 1.54) is 5.56 Å². The van der Waals surface area contributed by atoms with Crippen LogP contribution < -0.4 is 14.8 Å². The molecular formula is C17H27N5O2S. The minimum absolute atomic E-state index is 0.129. The molecule has 0 saturated heterocycles. The summed E-state index contributed by atoms with van der Waals surface area (Å²) in [5.41, 5.74) is 1.18. The molecule has 7 nitrogen and oxygen atoms in total. The molecule has 0 aliphatic carbocycles. The topological polar surface area (TPSA) is 74.1 Å². The number of rotatable bonds is 11. The predicted octanol–water partition coefficient (Wildman–Crippen LogP) is 2.67. The summed E-state index contributed by atoms with van der Waals surface area (Å²) in [6.45, 7) is 8.37. The van der Waals surface area contributed by atoms with Crippen LogP contribution in [0.1, 0.15) is 32.8 Å². The number of aryl methyl sites for hydroxylation is 1. The van der Waals surface area contributed by atoms with Crippen LogP contribution in [-0.4, -0.2) is 45.2 Å². The van der Waals surface area contributed by atoms with Crippen molar-refractivity contribution in [2.75, 3.05) is 18.9 Å². The van der Waals surface area contributed by atoms with E-state index in [9.17, 15) is 0 Å². The second-order valence-electron chi connectivity index (χ2n) is 5.84. The molecular weight excluding hydrogens is 338 g/mol. The SMILES string of the molecule is CCOc1cc(CNCCCSc2nnnn2C)ccc1OC(C)C. The van der Waals surface area contributed by atoms with Crippen LogP contribution in [0, 0.1) is 0 Å². The van der Waals surface area contributed by atoms with Crippen LogP contribution in [0.5, 0.6) is 11.5 Å². The first-order valence-electron chi connectivity index (χ1n) is 8.58. The Balaban J connectivity index is 1.74. The highest BCUT2D eigenvalue weighted by Gasteiger charge is 2.08. The molecule has 0 aliphatic heterocycles. The Hall–Kier alpha value is -1.80. The van der Waals surface area contributed by atoms with Gasteiger partial charge < -0.3 is 14.8 Å². The molecule has 1 aromatic carbocycles. The van der Waals surface area contributed by atoms with Gasteiger partial charge in [0.15, 0.2) is 11.5 Å². The van der Waals surface area contributed by atoms with Gasteiger partial charge in [-0.05, 0) is 61.9 Å². The van der Waals surface area contributed by atoms with Crippen molar-refractivity contribution in [1.82, 2.24) is 25.5 Å².